The monoisotopic (exact) mass is 456 g/mol. The van der Waals surface area contributed by atoms with Crippen molar-refractivity contribution >= 4 is 23.0 Å². The number of imidazole rings is 1. The Morgan fingerprint density at radius 3 is 2.79 bits per heavy atom. The zero-order valence-corrected chi connectivity index (χ0v) is 19.0. The molecular formula is C25H24N6O3. The quantitative estimate of drug-likeness (QED) is 0.569. The second-order valence-corrected chi connectivity index (χ2v) is 10.4. The normalized spacial score (nSPS) is 27.5. The van der Waals surface area contributed by atoms with E-state index in [9.17, 15) is 15.3 Å². The highest BCUT2D eigenvalue weighted by atomic mass is 16.6. The Hall–Kier alpha value is -3.85. The molecule has 2 aliphatic carbocycles. The van der Waals surface area contributed by atoms with Gasteiger partial charge in [-0.25, -0.2) is 14.7 Å². The van der Waals surface area contributed by atoms with Crippen LogP contribution in [0.3, 0.4) is 0 Å². The van der Waals surface area contributed by atoms with E-state index in [4.69, 9.17) is 9.26 Å². The molecule has 1 amide bonds. The Balaban J connectivity index is 1.23. The van der Waals surface area contributed by atoms with Crippen molar-refractivity contribution in [3.8, 4) is 12.1 Å². The number of hydrogen-bond donors (Lipinski definition) is 0. The summed E-state index contributed by atoms with van der Waals surface area (Å²) in [5, 5.41) is 22.8. The molecule has 1 aromatic carbocycles. The molecule has 1 saturated heterocycles. The number of hydrogen-bond acceptors (Lipinski definition) is 7. The third-order valence-electron chi connectivity index (χ3n) is 7.65. The van der Waals surface area contributed by atoms with Crippen LogP contribution in [0.15, 0.2) is 35.1 Å². The van der Waals surface area contributed by atoms with Crippen LogP contribution in [0.1, 0.15) is 56.7 Å². The molecule has 34 heavy (non-hydrogen) atoms. The van der Waals surface area contributed by atoms with Gasteiger partial charge in [-0.1, -0.05) is 12.1 Å². The largest absolute Gasteiger partial charge is 0.441 e. The summed E-state index contributed by atoms with van der Waals surface area (Å²) in [4.78, 5) is 18.9. The van der Waals surface area contributed by atoms with Crippen LogP contribution >= 0.6 is 0 Å². The summed E-state index contributed by atoms with van der Waals surface area (Å²) in [6.07, 6.45) is 6.36. The molecule has 2 atom stereocenters. The van der Waals surface area contributed by atoms with Gasteiger partial charge in [0.05, 0.1) is 41.6 Å². The first-order valence-corrected chi connectivity index (χ1v) is 11.6. The second-order valence-electron chi connectivity index (χ2n) is 10.4. The molecular weight excluding hydrogens is 432 g/mol. The van der Waals surface area contributed by atoms with Gasteiger partial charge in [0, 0.05) is 12.6 Å². The molecule has 2 saturated carbocycles. The average Bonchev–Trinajstić information content (AvgIpc) is 3.12. The van der Waals surface area contributed by atoms with E-state index < -0.39 is 17.1 Å². The molecule has 0 N–H and O–H groups in total. The van der Waals surface area contributed by atoms with Crippen molar-refractivity contribution in [2.45, 2.75) is 63.0 Å². The van der Waals surface area contributed by atoms with Gasteiger partial charge in [0.2, 0.25) is 5.88 Å². The number of amides is 1. The minimum atomic E-state index is -0.599. The van der Waals surface area contributed by atoms with Crippen LogP contribution in [0.5, 0.6) is 0 Å². The van der Waals surface area contributed by atoms with E-state index in [1.165, 1.54) is 4.90 Å². The van der Waals surface area contributed by atoms with E-state index in [2.05, 4.69) is 33.8 Å². The molecule has 6 rings (SSSR count). The van der Waals surface area contributed by atoms with E-state index in [0.717, 1.165) is 49.7 Å². The van der Waals surface area contributed by atoms with Crippen LogP contribution in [0.2, 0.25) is 0 Å². The topological polar surface area (TPSA) is 121 Å². The third-order valence-corrected chi connectivity index (χ3v) is 7.65. The molecule has 172 valence electrons. The van der Waals surface area contributed by atoms with Crippen LogP contribution < -0.4 is 4.90 Å². The fourth-order valence-electron chi connectivity index (χ4n) is 5.77. The van der Waals surface area contributed by atoms with Crippen molar-refractivity contribution < 1.29 is 14.1 Å². The van der Waals surface area contributed by atoms with Gasteiger partial charge in [-0.3, -0.25) is 0 Å². The Bertz CT molecular complexity index is 1390. The van der Waals surface area contributed by atoms with Gasteiger partial charge in [0.25, 0.3) is 0 Å². The van der Waals surface area contributed by atoms with Gasteiger partial charge in [-0.2, -0.15) is 10.5 Å². The van der Waals surface area contributed by atoms with Crippen molar-refractivity contribution in [1.82, 2.24) is 14.7 Å². The molecule has 0 bridgehead atoms. The van der Waals surface area contributed by atoms with Crippen molar-refractivity contribution in [2.75, 3.05) is 11.4 Å². The fourth-order valence-corrected chi connectivity index (χ4v) is 5.77. The van der Waals surface area contributed by atoms with E-state index in [1.807, 2.05) is 18.5 Å². The molecule has 9 heteroatoms. The lowest BCUT2D eigenvalue weighted by Gasteiger charge is -2.43. The SMILES string of the molecule is C[C@]1(Cn2cnc3ccc(C#N)cc32)CCC[C@@]2(CN(c3cc(C4(C#N)CC4)no3)C(=O)O2)C1. The third kappa shape index (κ3) is 3.23. The van der Waals surface area contributed by atoms with Crippen LogP contribution in [-0.4, -0.2) is 32.9 Å². The predicted molar refractivity (Wildman–Crippen MR) is 121 cm³/mol. The summed E-state index contributed by atoms with van der Waals surface area (Å²) in [6, 6.07) is 11.7. The summed E-state index contributed by atoms with van der Waals surface area (Å²) in [6.45, 7) is 3.34. The molecule has 0 radical (unpaired) electrons. The van der Waals surface area contributed by atoms with Gasteiger partial charge >= 0.3 is 6.09 Å². The number of benzene rings is 1. The first-order valence-electron chi connectivity index (χ1n) is 11.6. The van der Waals surface area contributed by atoms with Gasteiger partial charge in [0.15, 0.2) is 0 Å². The van der Waals surface area contributed by atoms with Crippen LogP contribution in [0, 0.1) is 28.1 Å². The van der Waals surface area contributed by atoms with E-state index in [-0.39, 0.29) is 5.41 Å². The van der Waals surface area contributed by atoms with Crippen LogP contribution in [0.25, 0.3) is 11.0 Å². The number of rotatable bonds is 4. The highest BCUT2D eigenvalue weighted by Crippen LogP contribution is 2.50. The maximum Gasteiger partial charge on any atom is 0.417 e. The summed E-state index contributed by atoms with van der Waals surface area (Å²) in [7, 11) is 0. The predicted octanol–water partition coefficient (Wildman–Crippen LogP) is 4.43. The lowest BCUT2D eigenvalue weighted by molar-refractivity contribution is -0.0264. The molecule has 9 nitrogen and oxygen atoms in total. The number of aromatic nitrogens is 3. The number of carbonyl (C=O) groups excluding carboxylic acids is 1. The number of anilines is 1. The van der Waals surface area contributed by atoms with Crippen LogP contribution in [-0.2, 0) is 16.7 Å². The summed E-state index contributed by atoms with van der Waals surface area (Å²) < 4.78 is 13.6. The first-order chi connectivity index (χ1) is 16.4. The van der Waals surface area contributed by atoms with Gasteiger partial charge in [-0.15, -0.1) is 0 Å². The van der Waals surface area contributed by atoms with E-state index >= 15 is 0 Å². The summed E-state index contributed by atoms with van der Waals surface area (Å²) in [5.74, 6) is 0.343. The average molecular weight is 457 g/mol. The number of ether oxygens (including phenoxy) is 1. The van der Waals surface area contributed by atoms with Crippen molar-refractivity contribution in [3.05, 3.63) is 41.9 Å². The maximum absolute atomic E-state index is 12.9. The van der Waals surface area contributed by atoms with Gasteiger partial charge < -0.3 is 13.8 Å². The molecule has 0 unspecified atom stereocenters. The van der Waals surface area contributed by atoms with Crippen LogP contribution in [0.4, 0.5) is 10.7 Å². The van der Waals surface area contributed by atoms with E-state index in [0.29, 0.717) is 30.1 Å². The van der Waals surface area contributed by atoms with E-state index in [1.54, 1.807) is 12.1 Å². The number of fused-ring (bicyclic) bond motifs is 1. The molecule has 1 aliphatic heterocycles. The molecule has 3 aliphatic rings. The molecule has 2 aromatic heterocycles. The Kier molecular flexibility index (Phi) is 4.31. The van der Waals surface area contributed by atoms with Crippen molar-refractivity contribution in [3.63, 3.8) is 0 Å². The Labute approximate surface area is 196 Å². The minimum absolute atomic E-state index is 0.115. The summed E-state index contributed by atoms with van der Waals surface area (Å²) >= 11 is 0. The highest BCUT2D eigenvalue weighted by Gasteiger charge is 2.53. The van der Waals surface area contributed by atoms with Gasteiger partial charge in [-0.05, 0) is 62.1 Å². The maximum atomic E-state index is 12.9. The fraction of sp³-hybridized carbons (Fsp3) is 0.480. The molecule has 3 fully saturated rings. The molecule has 3 aromatic rings. The second kappa shape index (κ2) is 7.07. The standard InChI is InChI=1S/C25H24N6O3/c1-23(14-30-16-28-18-4-3-17(11-26)9-19(18)30)5-2-6-25(12-23)15-31(22(32)33-25)21-10-20(29-34-21)24(13-27)7-8-24/h3-4,9-10,16H,2,5-8,12,14-15H2,1H3/t23-,25-/m0/s1. The zero-order chi connectivity index (χ0) is 23.6. The van der Waals surface area contributed by atoms with Gasteiger partial charge in [0.1, 0.15) is 16.7 Å². The Morgan fingerprint density at radius 1 is 1.18 bits per heavy atom. The minimum Gasteiger partial charge on any atom is -0.441 e. The summed E-state index contributed by atoms with van der Waals surface area (Å²) in [5.41, 5.74) is 1.72. The first kappa shape index (κ1) is 20.7. The Morgan fingerprint density at radius 2 is 2.03 bits per heavy atom. The molecule has 1 spiro atoms. The lowest BCUT2D eigenvalue weighted by atomic mass is 9.68. The van der Waals surface area contributed by atoms with Crippen molar-refractivity contribution in [1.29, 1.82) is 10.5 Å². The number of carbonyl (C=O) groups is 1. The van der Waals surface area contributed by atoms with Crippen molar-refractivity contribution in [2.24, 2.45) is 5.41 Å². The number of nitriles is 2. The zero-order valence-electron chi connectivity index (χ0n) is 19.0. The highest BCUT2D eigenvalue weighted by molar-refractivity contribution is 5.88. The smallest absolute Gasteiger partial charge is 0.417 e. The molecule has 3 heterocycles. The lowest BCUT2D eigenvalue weighted by Crippen LogP contribution is -2.45. The number of nitrogens with zero attached hydrogens (tertiary/aromatic N) is 6.